The molecule has 0 unspecified atom stereocenters. The molecule has 1 saturated heterocycles. The van der Waals surface area contributed by atoms with Gasteiger partial charge in [-0.05, 0) is 55.0 Å². The number of carbonyl (C=O) groups is 2. The minimum Gasteiger partial charge on any atom is -0.489 e. The van der Waals surface area contributed by atoms with Crippen molar-refractivity contribution in [1.29, 1.82) is 0 Å². The smallest absolute Gasteiger partial charge is 0.255 e. The van der Waals surface area contributed by atoms with E-state index in [1.165, 1.54) is 6.92 Å². The molecule has 3 aromatic rings. The summed E-state index contributed by atoms with van der Waals surface area (Å²) >= 11 is 0. The number of ether oxygens (including phenoxy) is 2. The summed E-state index contributed by atoms with van der Waals surface area (Å²) in [6.07, 6.45) is 0. The molecule has 32 heavy (non-hydrogen) atoms. The van der Waals surface area contributed by atoms with Crippen LogP contribution in [0.3, 0.4) is 0 Å². The van der Waals surface area contributed by atoms with Gasteiger partial charge in [-0.15, -0.1) is 0 Å². The van der Waals surface area contributed by atoms with Crippen molar-refractivity contribution in [3.05, 3.63) is 89.5 Å². The summed E-state index contributed by atoms with van der Waals surface area (Å²) in [5.41, 5.74) is 3.51. The summed E-state index contributed by atoms with van der Waals surface area (Å²) in [7, 11) is 0. The molecule has 0 aromatic heterocycles. The zero-order chi connectivity index (χ0) is 22.3. The van der Waals surface area contributed by atoms with Crippen LogP contribution < -0.4 is 15.0 Å². The van der Waals surface area contributed by atoms with Gasteiger partial charge in [-0.25, -0.2) is 0 Å². The van der Waals surface area contributed by atoms with Crippen molar-refractivity contribution in [2.75, 3.05) is 36.5 Å². The lowest BCUT2D eigenvalue weighted by Crippen LogP contribution is -2.36. The first-order chi connectivity index (χ1) is 15.6. The van der Waals surface area contributed by atoms with E-state index in [0.717, 1.165) is 24.3 Å². The van der Waals surface area contributed by atoms with Gasteiger partial charge in [0.05, 0.1) is 18.9 Å². The third-order valence-electron chi connectivity index (χ3n) is 5.37. The normalized spacial score (nSPS) is 13.5. The molecule has 6 heteroatoms. The number of hydrogen-bond acceptors (Lipinski definition) is 5. The summed E-state index contributed by atoms with van der Waals surface area (Å²) in [6.45, 7) is 4.86. The monoisotopic (exact) mass is 430 g/mol. The number of Topliss-reactive ketones (excluding diaryl/α,β-unsaturated/α-hetero) is 1. The van der Waals surface area contributed by atoms with Crippen LogP contribution in [0.4, 0.5) is 11.4 Å². The van der Waals surface area contributed by atoms with Gasteiger partial charge < -0.3 is 19.7 Å². The molecule has 3 aromatic carbocycles. The Hall–Kier alpha value is -3.64. The largest absolute Gasteiger partial charge is 0.489 e. The molecule has 0 spiro atoms. The molecule has 0 aliphatic carbocycles. The van der Waals surface area contributed by atoms with Gasteiger partial charge in [-0.1, -0.05) is 30.3 Å². The molecule has 0 bridgehead atoms. The van der Waals surface area contributed by atoms with Crippen LogP contribution in [-0.4, -0.2) is 38.0 Å². The van der Waals surface area contributed by atoms with Gasteiger partial charge in [0.2, 0.25) is 0 Å². The maximum absolute atomic E-state index is 12.8. The molecule has 1 amide bonds. The molecule has 1 N–H and O–H groups in total. The fourth-order valence-corrected chi connectivity index (χ4v) is 3.59. The first kappa shape index (κ1) is 21.6. The molecular weight excluding hydrogens is 404 g/mol. The minimum absolute atomic E-state index is 0.0972. The Morgan fingerprint density at radius 2 is 1.69 bits per heavy atom. The van der Waals surface area contributed by atoms with E-state index in [1.54, 1.807) is 30.3 Å². The van der Waals surface area contributed by atoms with Gasteiger partial charge in [-0.3, -0.25) is 9.59 Å². The van der Waals surface area contributed by atoms with Crippen molar-refractivity contribution < 1.29 is 19.1 Å². The Morgan fingerprint density at radius 1 is 0.969 bits per heavy atom. The van der Waals surface area contributed by atoms with Gasteiger partial charge in [0.15, 0.2) is 5.78 Å². The highest BCUT2D eigenvalue weighted by molar-refractivity contribution is 6.09. The van der Waals surface area contributed by atoms with E-state index in [1.807, 2.05) is 42.5 Å². The SMILES string of the molecule is CC(=O)c1cc(N2CCOCC2)ccc1NC(=O)c1ccc(OCc2ccccc2)cc1. The van der Waals surface area contributed by atoms with Crippen molar-refractivity contribution >= 4 is 23.1 Å². The number of hydrogen-bond donors (Lipinski definition) is 1. The lowest BCUT2D eigenvalue weighted by atomic mass is 10.1. The number of morpholine rings is 1. The number of nitrogens with zero attached hydrogens (tertiary/aromatic N) is 1. The predicted molar refractivity (Wildman–Crippen MR) is 125 cm³/mol. The number of rotatable bonds is 7. The summed E-state index contributed by atoms with van der Waals surface area (Å²) in [4.78, 5) is 27.2. The van der Waals surface area contributed by atoms with E-state index in [9.17, 15) is 9.59 Å². The van der Waals surface area contributed by atoms with Gasteiger partial charge in [0, 0.05) is 29.9 Å². The number of ketones is 1. The number of nitrogens with one attached hydrogen (secondary N) is 1. The highest BCUT2D eigenvalue weighted by Gasteiger charge is 2.17. The van der Waals surface area contributed by atoms with Gasteiger partial charge in [0.1, 0.15) is 12.4 Å². The Labute approximate surface area is 187 Å². The average Bonchev–Trinajstić information content (AvgIpc) is 2.84. The van der Waals surface area contributed by atoms with Crippen LogP contribution in [0, 0.1) is 0 Å². The molecule has 6 nitrogen and oxygen atoms in total. The molecule has 1 aliphatic heterocycles. The maximum Gasteiger partial charge on any atom is 0.255 e. The predicted octanol–water partition coefficient (Wildman–Crippen LogP) is 4.56. The Balaban J connectivity index is 1.43. The number of anilines is 2. The van der Waals surface area contributed by atoms with E-state index in [-0.39, 0.29) is 11.7 Å². The average molecular weight is 431 g/mol. The van der Waals surface area contributed by atoms with Crippen molar-refractivity contribution in [1.82, 2.24) is 0 Å². The fourth-order valence-electron chi connectivity index (χ4n) is 3.59. The van der Waals surface area contributed by atoms with Crippen molar-refractivity contribution in [3.8, 4) is 5.75 Å². The minimum atomic E-state index is -0.277. The molecule has 0 atom stereocenters. The summed E-state index contributed by atoms with van der Waals surface area (Å²) < 4.78 is 11.2. The molecule has 164 valence electrons. The number of carbonyl (C=O) groups excluding carboxylic acids is 2. The van der Waals surface area contributed by atoms with E-state index >= 15 is 0 Å². The third kappa shape index (κ3) is 5.34. The van der Waals surface area contributed by atoms with Crippen LogP contribution >= 0.6 is 0 Å². The third-order valence-corrected chi connectivity index (χ3v) is 5.37. The molecule has 4 rings (SSSR count). The zero-order valence-electron chi connectivity index (χ0n) is 18.0. The van der Waals surface area contributed by atoms with E-state index < -0.39 is 0 Å². The van der Waals surface area contributed by atoms with Crippen LogP contribution in [0.25, 0.3) is 0 Å². The second-order valence-corrected chi connectivity index (χ2v) is 7.64. The standard InChI is InChI=1S/C26H26N2O4/c1-19(29)24-17-22(28-13-15-31-16-14-28)9-12-25(24)27-26(30)21-7-10-23(11-8-21)32-18-20-5-3-2-4-6-20/h2-12,17H,13-16,18H2,1H3,(H,27,30). The van der Waals surface area contributed by atoms with E-state index in [2.05, 4.69) is 10.2 Å². The van der Waals surface area contributed by atoms with Crippen molar-refractivity contribution in [2.45, 2.75) is 13.5 Å². The van der Waals surface area contributed by atoms with Crippen molar-refractivity contribution in [3.63, 3.8) is 0 Å². The lowest BCUT2D eigenvalue weighted by molar-refractivity contribution is 0.101. The number of benzene rings is 3. The lowest BCUT2D eigenvalue weighted by Gasteiger charge is -2.29. The number of amides is 1. The second kappa shape index (κ2) is 10.1. The van der Waals surface area contributed by atoms with Crippen LogP contribution in [0.1, 0.15) is 33.2 Å². The Morgan fingerprint density at radius 3 is 2.38 bits per heavy atom. The molecule has 1 heterocycles. The van der Waals surface area contributed by atoms with E-state index in [4.69, 9.17) is 9.47 Å². The van der Waals surface area contributed by atoms with E-state index in [0.29, 0.717) is 42.4 Å². The van der Waals surface area contributed by atoms with Gasteiger partial charge in [-0.2, -0.15) is 0 Å². The zero-order valence-corrected chi connectivity index (χ0v) is 18.0. The van der Waals surface area contributed by atoms with Crippen LogP contribution in [0.15, 0.2) is 72.8 Å². The topological polar surface area (TPSA) is 67.9 Å². The van der Waals surface area contributed by atoms with Crippen LogP contribution in [0.2, 0.25) is 0 Å². The molecule has 0 saturated carbocycles. The molecule has 0 radical (unpaired) electrons. The molecule has 1 fully saturated rings. The summed E-state index contributed by atoms with van der Waals surface area (Å²) in [6, 6.07) is 22.4. The van der Waals surface area contributed by atoms with Crippen LogP contribution in [0.5, 0.6) is 5.75 Å². The highest BCUT2D eigenvalue weighted by atomic mass is 16.5. The molecular formula is C26H26N2O4. The molecule has 1 aliphatic rings. The van der Waals surface area contributed by atoms with Crippen LogP contribution in [-0.2, 0) is 11.3 Å². The van der Waals surface area contributed by atoms with Crippen molar-refractivity contribution in [2.24, 2.45) is 0 Å². The highest BCUT2D eigenvalue weighted by Crippen LogP contribution is 2.25. The fraction of sp³-hybridized carbons (Fsp3) is 0.231. The first-order valence-electron chi connectivity index (χ1n) is 10.7. The maximum atomic E-state index is 12.8. The second-order valence-electron chi connectivity index (χ2n) is 7.64. The summed E-state index contributed by atoms with van der Waals surface area (Å²) in [5.74, 6) is 0.311. The Kier molecular flexibility index (Phi) is 6.82. The first-order valence-corrected chi connectivity index (χ1v) is 10.7. The van der Waals surface area contributed by atoms with Gasteiger partial charge >= 0.3 is 0 Å². The quantitative estimate of drug-likeness (QED) is 0.557. The summed E-state index contributed by atoms with van der Waals surface area (Å²) in [5, 5.41) is 2.87. The Bertz CT molecular complexity index is 1070. The van der Waals surface area contributed by atoms with Gasteiger partial charge in [0.25, 0.3) is 5.91 Å².